The number of ether oxygens (including phenoxy) is 1. The maximum atomic E-state index is 12.8. The second kappa shape index (κ2) is 10.1. The Labute approximate surface area is 200 Å². The number of nitrogens with zero attached hydrogens (tertiary/aromatic N) is 3. The highest BCUT2D eigenvalue weighted by Gasteiger charge is 2.21. The maximum Gasteiger partial charge on any atom is 0.319 e. The fraction of sp³-hybridized carbons (Fsp3) is 0.200. The first-order valence-corrected chi connectivity index (χ1v) is 11.0. The van der Waals surface area contributed by atoms with E-state index in [1.807, 2.05) is 36.4 Å². The van der Waals surface area contributed by atoms with Crippen LogP contribution in [0.4, 0.5) is 10.5 Å². The number of benzene rings is 2. The number of nitrogens with one attached hydrogen (secondary N) is 2. The topological polar surface area (TPSA) is 127 Å². The van der Waals surface area contributed by atoms with Crippen LogP contribution in [0.1, 0.15) is 24.9 Å². The minimum atomic E-state index is -0.773. The van der Waals surface area contributed by atoms with E-state index in [1.165, 1.54) is 23.9 Å². The number of aromatic hydroxyl groups is 1. The van der Waals surface area contributed by atoms with Crippen LogP contribution in [0.2, 0.25) is 0 Å². The Kier molecular flexibility index (Phi) is 6.81. The van der Waals surface area contributed by atoms with E-state index in [1.54, 1.807) is 29.9 Å². The van der Waals surface area contributed by atoms with Gasteiger partial charge < -0.3 is 25.0 Å². The molecule has 0 unspecified atom stereocenters. The molecule has 2 aromatic carbocycles. The number of carbonyl (C=O) groups excluding carboxylic acids is 2. The quantitative estimate of drug-likeness (QED) is 0.352. The molecule has 0 saturated carbocycles. The molecule has 0 fully saturated rings. The van der Waals surface area contributed by atoms with Crippen molar-refractivity contribution in [2.45, 2.75) is 19.4 Å². The molecule has 0 aliphatic carbocycles. The van der Waals surface area contributed by atoms with Crippen LogP contribution in [0.15, 0.2) is 71.8 Å². The Morgan fingerprint density at radius 1 is 1.14 bits per heavy atom. The zero-order chi connectivity index (χ0) is 24.9. The molecule has 35 heavy (non-hydrogen) atoms. The minimum absolute atomic E-state index is 0.136. The monoisotopic (exact) mass is 475 g/mol. The average Bonchev–Trinajstić information content (AvgIpc) is 3.28. The fourth-order valence-corrected chi connectivity index (χ4v) is 3.73. The van der Waals surface area contributed by atoms with E-state index in [2.05, 4.69) is 15.7 Å². The number of hydrogen-bond acceptors (Lipinski definition) is 6. The van der Waals surface area contributed by atoms with Crippen LogP contribution in [-0.2, 0) is 16.6 Å². The lowest BCUT2D eigenvalue weighted by atomic mass is 10.0. The highest BCUT2D eigenvalue weighted by atomic mass is 16.5. The molecule has 0 saturated heterocycles. The number of fused-ring (bicyclic) bond motifs is 1. The summed E-state index contributed by atoms with van der Waals surface area (Å²) in [6, 6.07) is 14.8. The molecular weight excluding hydrogens is 450 g/mol. The number of esters is 1. The first-order chi connectivity index (χ1) is 16.9. The van der Waals surface area contributed by atoms with Crippen LogP contribution in [0.5, 0.6) is 5.75 Å². The van der Waals surface area contributed by atoms with Gasteiger partial charge in [-0.25, -0.2) is 9.48 Å². The second-order valence-electron chi connectivity index (χ2n) is 7.86. The number of urea groups is 1. The van der Waals surface area contributed by atoms with Crippen LogP contribution in [0.25, 0.3) is 16.6 Å². The van der Waals surface area contributed by atoms with Gasteiger partial charge in [0.25, 0.3) is 5.56 Å². The van der Waals surface area contributed by atoms with E-state index in [-0.39, 0.29) is 24.5 Å². The van der Waals surface area contributed by atoms with E-state index < -0.39 is 23.6 Å². The summed E-state index contributed by atoms with van der Waals surface area (Å²) in [5.41, 5.74) is 1.45. The Bertz CT molecular complexity index is 1440. The highest BCUT2D eigenvalue weighted by Crippen LogP contribution is 2.24. The van der Waals surface area contributed by atoms with Gasteiger partial charge in [-0.2, -0.15) is 5.10 Å². The molecule has 4 aromatic rings. The molecule has 4 rings (SSSR count). The molecule has 0 aliphatic heterocycles. The van der Waals surface area contributed by atoms with Crippen molar-refractivity contribution in [1.82, 2.24) is 19.7 Å². The van der Waals surface area contributed by atoms with Gasteiger partial charge >= 0.3 is 12.0 Å². The first kappa shape index (κ1) is 23.6. The summed E-state index contributed by atoms with van der Waals surface area (Å²) in [6.07, 6.45) is 3.01. The SMILES string of the molecule is CCOC(=O)C[C@H](NC(=O)Nc1c(O)ccn(C)c1=O)c1cccc(-n2ncc3ccccc32)c1. The molecule has 10 nitrogen and oxygen atoms in total. The number of hydrogen-bond donors (Lipinski definition) is 3. The van der Waals surface area contributed by atoms with Gasteiger partial charge in [-0.1, -0.05) is 30.3 Å². The van der Waals surface area contributed by atoms with Crippen molar-refractivity contribution >= 4 is 28.6 Å². The summed E-state index contributed by atoms with van der Waals surface area (Å²) >= 11 is 0. The first-order valence-electron chi connectivity index (χ1n) is 11.0. The predicted molar refractivity (Wildman–Crippen MR) is 131 cm³/mol. The molecule has 1 atom stereocenters. The molecular formula is C25H25N5O5. The number of amides is 2. The molecule has 2 aromatic heterocycles. The summed E-state index contributed by atoms with van der Waals surface area (Å²) in [5, 5.41) is 20.6. The lowest BCUT2D eigenvalue weighted by Gasteiger charge is -2.20. The van der Waals surface area contributed by atoms with Gasteiger partial charge in [0, 0.05) is 18.6 Å². The van der Waals surface area contributed by atoms with E-state index in [0.29, 0.717) is 5.56 Å². The van der Waals surface area contributed by atoms with Gasteiger partial charge in [-0.15, -0.1) is 0 Å². The molecule has 2 amide bonds. The molecule has 0 bridgehead atoms. The third-order valence-corrected chi connectivity index (χ3v) is 5.46. The fourth-order valence-electron chi connectivity index (χ4n) is 3.73. The lowest BCUT2D eigenvalue weighted by Crippen LogP contribution is -2.36. The van der Waals surface area contributed by atoms with Crippen LogP contribution in [0.3, 0.4) is 0 Å². The van der Waals surface area contributed by atoms with Gasteiger partial charge in [0.1, 0.15) is 5.75 Å². The average molecular weight is 476 g/mol. The van der Waals surface area contributed by atoms with Gasteiger partial charge in [0.15, 0.2) is 5.69 Å². The van der Waals surface area contributed by atoms with E-state index in [9.17, 15) is 19.5 Å². The largest absolute Gasteiger partial charge is 0.505 e. The number of aryl methyl sites for hydroxylation is 1. The van der Waals surface area contributed by atoms with Gasteiger partial charge in [-0.3, -0.25) is 9.59 Å². The number of anilines is 1. The number of rotatable bonds is 7. The van der Waals surface area contributed by atoms with E-state index in [4.69, 9.17) is 4.74 Å². The highest BCUT2D eigenvalue weighted by molar-refractivity contribution is 5.91. The standard InChI is InChI=1S/C25H25N5O5/c1-3-35-22(32)14-19(27-25(34)28-23-21(31)11-12-29(2)24(23)33)16-8-6-9-18(13-16)30-20-10-5-4-7-17(20)15-26-30/h4-13,15,19,31H,3,14H2,1-2H3,(H2,27,28,34)/t19-/m0/s1. The van der Waals surface area contributed by atoms with Crippen LogP contribution in [0, 0.1) is 0 Å². The van der Waals surface area contributed by atoms with E-state index in [0.717, 1.165) is 16.6 Å². The summed E-state index contributed by atoms with van der Waals surface area (Å²) in [5.74, 6) is -0.857. The van der Waals surface area contributed by atoms with E-state index >= 15 is 0 Å². The molecule has 3 N–H and O–H groups in total. The third kappa shape index (κ3) is 5.16. The summed E-state index contributed by atoms with van der Waals surface area (Å²) in [4.78, 5) is 37.4. The number of pyridine rings is 1. The summed E-state index contributed by atoms with van der Waals surface area (Å²) < 4.78 is 8.08. The number of para-hydroxylation sites is 1. The second-order valence-corrected chi connectivity index (χ2v) is 7.86. The van der Waals surface area contributed by atoms with Crippen molar-refractivity contribution in [2.24, 2.45) is 7.05 Å². The van der Waals surface area contributed by atoms with Crippen molar-refractivity contribution in [3.63, 3.8) is 0 Å². The summed E-state index contributed by atoms with van der Waals surface area (Å²) in [7, 11) is 1.50. The molecule has 2 heterocycles. The molecule has 0 aliphatic rings. The third-order valence-electron chi connectivity index (χ3n) is 5.46. The number of aromatic nitrogens is 3. The molecule has 0 radical (unpaired) electrons. The molecule has 0 spiro atoms. The van der Waals surface area contributed by atoms with Crippen molar-refractivity contribution in [2.75, 3.05) is 11.9 Å². The Morgan fingerprint density at radius 2 is 1.94 bits per heavy atom. The summed E-state index contributed by atoms with van der Waals surface area (Å²) in [6.45, 7) is 1.90. The Balaban J connectivity index is 1.64. The minimum Gasteiger partial charge on any atom is -0.505 e. The van der Waals surface area contributed by atoms with Gasteiger partial charge in [0.05, 0.1) is 36.5 Å². The van der Waals surface area contributed by atoms with Crippen LogP contribution in [-0.4, -0.2) is 38.1 Å². The van der Waals surface area contributed by atoms with Crippen molar-refractivity contribution < 1.29 is 19.4 Å². The van der Waals surface area contributed by atoms with Crippen molar-refractivity contribution in [1.29, 1.82) is 0 Å². The van der Waals surface area contributed by atoms with Gasteiger partial charge in [0.2, 0.25) is 0 Å². The Hall–Kier alpha value is -4.60. The molecule has 180 valence electrons. The molecule has 10 heteroatoms. The van der Waals surface area contributed by atoms with Crippen molar-refractivity contribution in [3.05, 3.63) is 82.9 Å². The maximum absolute atomic E-state index is 12.8. The Morgan fingerprint density at radius 3 is 2.74 bits per heavy atom. The van der Waals surface area contributed by atoms with Crippen LogP contribution >= 0.6 is 0 Å². The van der Waals surface area contributed by atoms with Crippen LogP contribution < -0.4 is 16.2 Å². The zero-order valence-corrected chi connectivity index (χ0v) is 19.3. The lowest BCUT2D eigenvalue weighted by molar-refractivity contribution is -0.143. The number of carbonyl (C=O) groups is 2. The van der Waals surface area contributed by atoms with Crippen molar-refractivity contribution in [3.8, 4) is 11.4 Å². The zero-order valence-electron chi connectivity index (χ0n) is 19.3. The normalized spacial score (nSPS) is 11.7. The smallest absolute Gasteiger partial charge is 0.319 e. The predicted octanol–water partition coefficient (Wildman–Crippen LogP) is 3.25. The van der Waals surface area contributed by atoms with Gasteiger partial charge in [-0.05, 0) is 36.8 Å².